The number of hydrogen-bond donors (Lipinski definition) is 0. The van der Waals surface area contributed by atoms with Crippen molar-refractivity contribution >= 4 is 43.5 Å². The molecule has 0 unspecified atom stereocenters. The molecular formula is C41H27N3. The van der Waals surface area contributed by atoms with Gasteiger partial charge in [0.05, 0.1) is 27.9 Å². The van der Waals surface area contributed by atoms with Crippen LogP contribution in [0.15, 0.2) is 164 Å². The molecule has 0 radical (unpaired) electrons. The van der Waals surface area contributed by atoms with E-state index in [4.69, 9.17) is 4.98 Å². The van der Waals surface area contributed by atoms with Gasteiger partial charge in [-0.2, -0.15) is 0 Å². The second-order valence-corrected chi connectivity index (χ2v) is 11.3. The second-order valence-electron chi connectivity index (χ2n) is 11.3. The Morgan fingerprint density at radius 2 is 1.14 bits per heavy atom. The predicted octanol–water partition coefficient (Wildman–Crippen LogP) is 10.6. The van der Waals surface area contributed by atoms with E-state index in [1.807, 2.05) is 0 Å². The Balaban J connectivity index is 1.35. The third-order valence-corrected chi connectivity index (χ3v) is 8.71. The first-order valence-corrected chi connectivity index (χ1v) is 15.0. The minimum absolute atomic E-state index is 0.971. The fourth-order valence-electron chi connectivity index (χ4n) is 6.69. The highest BCUT2D eigenvalue weighted by Gasteiger charge is 2.19. The first-order chi connectivity index (χ1) is 21.8. The van der Waals surface area contributed by atoms with Crippen LogP contribution in [0.25, 0.3) is 77.4 Å². The maximum absolute atomic E-state index is 5.28. The Bertz CT molecular complexity index is 2470. The fourth-order valence-corrected chi connectivity index (χ4v) is 6.69. The van der Waals surface area contributed by atoms with Crippen LogP contribution in [0, 0.1) is 0 Å². The van der Waals surface area contributed by atoms with Crippen LogP contribution in [-0.4, -0.2) is 14.1 Å². The number of hydrogen-bond acceptors (Lipinski definition) is 1. The normalized spacial score (nSPS) is 11.6. The molecule has 9 aromatic rings. The SMILES string of the molecule is c1ccc(-c2nc(-c3ccc4c(c3)c3ccc5ccn(-c6ccccc6)c5c3n4-c3ccccc3)cc3ccccc23)cc1. The maximum atomic E-state index is 5.28. The van der Waals surface area contributed by atoms with Gasteiger partial charge in [-0.1, -0.05) is 109 Å². The average molecular weight is 562 g/mol. The summed E-state index contributed by atoms with van der Waals surface area (Å²) in [4.78, 5) is 5.28. The van der Waals surface area contributed by atoms with E-state index in [1.165, 1.54) is 38.1 Å². The quantitative estimate of drug-likeness (QED) is 0.210. The summed E-state index contributed by atoms with van der Waals surface area (Å²) < 4.78 is 4.73. The summed E-state index contributed by atoms with van der Waals surface area (Å²) in [5.74, 6) is 0. The van der Waals surface area contributed by atoms with Crippen LogP contribution < -0.4 is 0 Å². The molecule has 0 aliphatic carbocycles. The predicted molar refractivity (Wildman–Crippen MR) is 184 cm³/mol. The van der Waals surface area contributed by atoms with Gasteiger partial charge in [0.2, 0.25) is 0 Å². The standard InChI is InChI=1S/C41H27N3/c1-4-12-28(13-5-1)39-34-19-11-10-14-30(34)27-37(42-39)31-21-23-38-36(26-31)35-22-20-29-24-25-43(32-15-6-2-7-16-32)40(29)41(35)44(38)33-17-8-3-9-18-33/h1-27H. The monoisotopic (exact) mass is 561 g/mol. The Morgan fingerprint density at radius 1 is 0.432 bits per heavy atom. The third kappa shape index (κ3) is 3.80. The number of aromatic nitrogens is 3. The Morgan fingerprint density at radius 3 is 1.93 bits per heavy atom. The number of pyridine rings is 1. The van der Waals surface area contributed by atoms with Gasteiger partial charge in [-0.3, -0.25) is 0 Å². The van der Waals surface area contributed by atoms with Crippen molar-refractivity contribution in [2.45, 2.75) is 0 Å². The number of rotatable bonds is 4. The van der Waals surface area contributed by atoms with E-state index in [9.17, 15) is 0 Å². The van der Waals surface area contributed by atoms with Crippen molar-refractivity contribution in [1.29, 1.82) is 0 Å². The average Bonchev–Trinajstić information content (AvgIpc) is 3.68. The molecule has 0 bridgehead atoms. The highest BCUT2D eigenvalue weighted by molar-refractivity contribution is 6.18. The molecule has 3 aromatic heterocycles. The summed E-state index contributed by atoms with van der Waals surface area (Å²) in [5, 5.41) is 5.99. The van der Waals surface area contributed by atoms with E-state index < -0.39 is 0 Å². The first-order valence-electron chi connectivity index (χ1n) is 15.0. The lowest BCUT2D eigenvalue weighted by Gasteiger charge is -2.12. The summed E-state index contributed by atoms with van der Waals surface area (Å²) in [6.07, 6.45) is 2.18. The molecule has 0 aliphatic heterocycles. The van der Waals surface area contributed by atoms with E-state index in [0.29, 0.717) is 0 Å². The van der Waals surface area contributed by atoms with Gasteiger partial charge in [-0.15, -0.1) is 0 Å². The largest absolute Gasteiger partial charge is 0.315 e. The molecule has 3 heterocycles. The zero-order chi connectivity index (χ0) is 29.0. The molecule has 3 nitrogen and oxygen atoms in total. The molecule has 0 saturated carbocycles. The smallest absolute Gasteiger partial charge is 0.0788 e. The zero-order valence-corrected chi connectivity index (χ0v) is 23.9. The van der Waals surface area contributed by atoms with Crippen LogP contribution in [0.4, 0.5) is 0 Å². The van der Waals surface area contributed by atoms with Crippen LogP contribution in [0.2, 0.25) is 0 Å². The maximum Gasteiger partial charge on any atom is 0.0788 e. The molecule has 0 amide bonds. The molecular weight excluding hydrogens is 534 g/mol. The molecule has 6 aromatic carbocycles. The summed E-state index contributed by atoms with van der Waals surface area (Å²) in [7, 11) is 0. The van der Waals surface area contributed by atoms with E-state index in [2.05, 4.69) is 173 Å². The summed E-state index contributed by atoms with van der Waals surface area (Å²) in [5.41, 5.74) is 10.1. The Labute approximate surface area is 254 Å². The van der Waals surface area contributed by atoms with Gasteiger partial charge in [0.15, 0.2) is 0 Å². The summed E-state index contributed by atoms with van der Waals surface area (Å²) in [6.45, 7) is 0. The number of fused-ring (bicyclic) bond motifs is 6. The van der Waals surface area contributed by atoms with Crippen LogP contribution in [0.3, 0.4) is 0 Å². The van der Waals surface area contributed by atoms with Crippen molar-refractivity contribution in [1.82, 2.24) is 14.1 Å². The number of nitrogens with zero attached hydrogens (tertiary/aromatic N) is 3. The summed E-state index contributed by atoms with van der Waals surface area (Å²) in [6, 6.07) is 56.1. The van der Waals surface area contributed by atoms with E-state index >= 15 is 0 Å². The van der Waals surface area contributed by atoms with Crippen molar-refractivity contribution in [3.05, 3.63) is 164 Å². The van der Waals surface area contributed by atoms with Crippen molar-refractivity contribution in [2.24, 2.45) is 0 Å². The van der Waals surface area contributed by atoms with Crippen LogP contribution in [-0.2, 0) is 0 Å². The lowest BCUT2D eigenvalue weighted by Crippen LogP contribution is -1.97. The van der Waals surface area contributed by atoms with Crippen molar-refractivity contribution in [3.8, 4) is 33.9 Å². The van der Waals surface area contributed by atoms with Crippen LogP contribution in [0.5, 0.6) is 0 Å². The number of benzene rings is 6. The molecule has 9 rings (SSSR count). The highest BCUT2D eigenvalue weighted by atomic mass is 15.0. The molecule has 44 heavy (non-hydrogen) atoms. The molecule has 0 fully saturated rings. The minimum atomic E-state index is 0.971. The molecule has 0 atom stereocenters. The van der Waals surface area contributed by atoms with Gasteiger partial charge in [0, 0.05) is 50.2 Å². The topological polar surface area (TPSA) is 22.8 Å². The molecule has 206 valence electrons. The Hall–Kier alpha value is -5.93. The molecule has 0 aliphatic rings. The van der Waals surface area contributed by atoms with Crippen LogP contribution >= 0.6 is 0 Å². The van der Waals surface area contributed by atoms with Gasteiger partial charge in [-0.25, -0.2) is 4.98 Å². The van der Waals surface area contributed by atoms with Crippen molar-refractivity contribution < 1.29 is 0 Å². The second kappa shape index (κ2) is 9.82. The summed E-state index contributed by atoms with van der Waals surface area (Å²) >= 11 is 0. The van der Waals surface area contributed by atoms with Crippen molar-refractivity contribution in [3.63, 3.8) is 0 Å². The van der Waals surface area contributed by atoms with Gasteiger partial charge >= 0.3 is 0 Å². The van der Waals surface area contributed by atoms with Gasteiger partial charge < -0.3 is 9.13 Å². The minimum Gasteiger partial charge on any atom is -0.315 e. The molecule has 0 spiro atoms. The van der Waals surface area contributed by atoms with E-state index in [-0.39, 0.29) is 0 Å². The third-order valence-electron chi connectivity index (χ3n) is 8.71. The van der Waals surface area contributed by atoms with Crippen molar-refractivity contribution in [2.75, 3.05) is 0 Å². The highest BCUT2D eigenvalue weighted by Crippen LogP contribution is 2.40. The lowest BCUT2D eigenvalue weighted by molar-refractivity contribution is 1.12. The fraction of sp³-hybridized carbons (Fsp3) is 0. The van der Waals surface area contributed by atoms with Gasteiger partial charge in [0.1, 0.15) is 0 Å². The molecule has 0 N–H and O–H groups in total. The van der Waals surface area contributed by atoms with E-state index in [1.54, 1.807) is 0 Å². The van der Waals surface area contributed by atoms with Gasteiger partial charge in [-0.05, 0) is 53.9 Å². The molecule has 3 heteroatoms. The first kappa shape index (κ1) is 24.6. The zero-order valence-electron chi connectivity index (χ0n) is 23.9. The molecule has 0 saturated heterocycles. The van der Waals surface area contributed by atoms with Crippen LogP contribution in [0.1, 0.15) is 0 Å². The van der Waals surface area contributed by atoms with Gasteiger partial charge in [0.25, 0.3) is 0 Å². The Kier molecular flexibility index (Phi) is 5.50. The number of para-hydroxylation sites is 2. The van der Waals surface area contributed by atoms with E-state index in [0.717, 1.165) is 39.3 Å². The lowest BCUT2D eigenvalue weighted by atomic mass is 10.00.